The molecule has 1 saturated carbocycles. The van der Waals surface area contributed by atoms with Crippen molar-refractivity contribution >= 4 is 5.91 Å². The van der Waals surface area contributed by atoms with Gasteiger partial charge in [0.05, 0.1) is 11.0 Å². The SMILES string of the molecule is CC12CCCCC1(C)C(=O)N2. The van der Waals surface area contributed by atoms with E-state index in [1.54, 1.807) is 0 Å². The van der Waals surface area contributed by atoms with Crippen LogP contribution in [0.1, 0.15) is 39.5 Å². The van der Waals surface area contributed by atoms with Crippen molar-refractivity contribution in [2.75, 3.05) is 0 Å². The van der Waals surface area contributed by atoms with Crippen molar-refractivity contribution < 1.29 is 4.79 Å². The van der Waals surface area contributed by atoms with Crippen LogP contribution in [0.4, 0.5) is 0 Å². The molecule has 2 nitrogen and oxygen atoms in total. The van der Waals surface area contributed by atoms with E-state index in [4.69, 9.17) is 0 Å². The highest BCUT2D eigenvalue weighted by Crippen LogP contribution is 2.50. The van der Waals surface area contributed by atoms with E-state index < -0.39 is 0 Å². The molecule has 1 heterocycles. The van der Waals surface area contributed by atoms with Gasteiger partial charge in [0, 0.05) is 0 Å². The largest absolute Gasteiger partial charge is 0.349 e. The summed E-state index contributed by atoms with van der Waals surface area (Å²) in [4.78, 5) is 11.3. The number of carbonyl (C=O) groups is 1. The lowest BCUT2D eigenvalue weighted by Crippen LogP contribution is -2.75. The van der Waals surface area contributed by atoms with Crippen LogP contribution < -0.4 is 5.32 Å². The Morgan fingerprint density at radius 1 is 1.27 bits per heavy atom. The first-order chi connectivity index (χ1) is 5.08. The fourth-order valence-corrected chi connectivity index (χ4v) is 2.40. The lowest BCUT2D eigenvalue weighted by atomic mass is 9.57. The van der Waals surface area contributed by atoms with E-state index in [0.29, 0.717) is 0 Å². The Morgan fingerprint density at radius 3 is 2.36 bits per heavy atom. The molecule has 1 amide bonds. The third-order valence-electron chi connectivity index (χ3n) is 3.71. The van der Waals surface area contributed by atoms with Crippen molar-refractivity contribution in [1.29, 1.82) is 0 Å². The molecule has 0 bridgehead atoms. The average Bonchev–Trinajstić information content (AvgIpc) is 1.96. The lowest BCUT2D eigenvalue weighted by molar-refractivity contribution is -0.157. The first-order valence-corrected chi connectivity index (χ1v) is 4.41. The number of carbonyl (C=O) groups excluding carboxylic acids is 1. The van der Waals surface area contributed by atoms with Gasteiger partial charge in [-0.2, -0.15) is 0 Å². The second-order valence-electron chi connectivity index (χ2n) is 4.33. The van der Waals surface area contributed by atoms with E-state index in [9.17, 15) is 4.79 Å². The molecule has 2 fully saturated rings. The summed E-state index contributed by atoms with van der Waals surface area (Å²) in [7, 11) is 0. The van der Waals surface area contributed by atoms with Crippen LogP contribution in [0.25, 0.3) is 0 Å². The van der Waals surface area contributed by atoms with Crippen LogP contribution in [0.2, 0.25) is 0 Å². The Hall–Kier alpha value is -0.530. The van der Waals surface area contributed by atoms with E-state index in [1.165, 1.54) is 12.8 Å². The Balaban J connectivity index is 2.27. The highest BCUT2D eigenvalue weighted by molar-refractivity contribution is 5.91. The van der Waals surface area contributed by atoms with Gasteiger partial charge in [-0.1, -0.05) is 12.8 Å². The summed E-state index contributed by atoms with van der Waals surface area (Å²) >= 11 is 0. The molecule has 2 aliphatic rings. The van der Waals surface area contributed by atoms with Crippen LogP contribution in [0.3, 0.4) is 0 Å². The van der Waals surface area contributed by atoms with Crippen molar-refractivity contribution in [3.8, 4) is 0 Å². The molecule has 2 atom stereocenters. The van der Waals surface area contributed by atoms with Gasteiger partial charge in [0.1, 0.15) is 0 Å². The van der Waals surface area contributed by atoms with Gasteiger partial charge in [-0.15, -0.1) is 0 Å². The van der Waals surface area contributed by atoms with Crippen LogP contribution in [-0.2, 0) is 4.79 Å². The maximum Gasteiger partial charge on any atom is 0.228 e. The fourth-order valence-electron chi connectivity index (χ4n) is 2.40. The Morgan fingerprint density at radius 2 is 1.91 bits per heavy atom. The molecule has 2 heteroatoms. The topological polar surface area (TPSA) is 29.1 Å². The number of hydrogen-bond acceptors (Lipinski definition) is 1. The van der Waals surface area contributed by atoms with E-state index in [2.05, 4.69) is 19.2 Å². The Labute approximate surface area is 67.4 Å². The number of amides is 1. The molecular weight excluding hydrogens is 138 g/mol. The maximum absolute atomic E-state index is 11.3. The predicted molar refractivity (Wildman–Crippen MR) is 43.1 cm³/mol. The molecule has 0 aromatic heterocycles. The van der Waals surface area contributed by atoms with Gasteiger partial charge in [-0.3, -0.25) is 4.79 Å². The van der Waals surface area contributed by atoms with Gasteiger partial charge in [-0.05, 0) is 26.7 Å². The second-order valence-corrected chi connectivity index (χ2v) is 4.33. The van der Waals surface area contributed by atoms with Gasteiger partial charge in [0.2, 0.25) is 5.91 Å². The third kappa shape index (κ3) is 0.652. The molecular formula is C9H15NO. The molecule has 2 unspecified atom stereocenters. The van der Waals surface area contributed by atoms with Gasteiger partial charge in [-0.25, -0.2) is 0 Å². The number of fused-ring (bicyclic) bond motifs is 1. The number of nitrogens with one attached hydrogen (secondary N) is 1. The predicted octanol–water partition coefficient (Wildman–Crippen LogP) is 1.46. The van der Waals surface area contributed by atoms with Crippen molar-refractivity contribution in [2.24, 2.45) is 5.41 Å². The van der Waals surface area contributed by atoms with Crippen LogP contribution in [-0.4, -0.2) is 11.4 Å². The van der Waals surface area contributed by atoms with Crippen LogP contribution in [0.15, 0.2) is 0 Å². The monoisotopic (exact) mass is 153 g/mol. The van der Waals surface area contributed by atoms with Crippen LogP contribution in [0.5, 0.6) is 0 Å². The van der Waals surface area contributed by atoms with Gasteiger partial charge in [0.25, 0.3) is 0 Å². The van der Waals surface area contributed by atoms with Crippen LogP contribution in [0, 0.1) is 5.41 Å². The molecule has 11 heavy (non-hydrogen) atoms. The minimum Gasteiger partial charge on any atom is -0.349 e. The molecule has 1 saturated heterocycles. The molecule has 1 aliphatic heterocycles. The molecule has 1 N–H and O–H groups in total. The van der Waals surface area contributed by atoms with Crippen molar-refractivity contribution in [1.82, 2.24) is 5.32 Å². The summed E-state index contributed by atoms with van der Waals surface area (Å²) in [6.07, 6.45) is 4.73. The summed E-state index contributed by atoms with van der Waals surface area (Å²) in [5.41, 5.74) is 0.0909. The Kier molecular flexibility index (Phi) is 1.16. The standard InChI is InChI=1S/C9H15NO/c1-8-5-3-4-6-9(8,2)10-7(8)11/h3-6H2,1-2H3,(H,10,11). The van der Waals surface area contributed by atoms with Gasteiger partial charge < -0.3 is 5.32 Å². The minimum atomic E-state index is -0.0365. The summed E-state index contributed by atoms with van der Waals surface area (Å²) in [5, 5.41) is 3.02. The normalized spacial score (nSPS) is 49.1. The molecule has 2 rings (SSSR count). The lowest BCUT2D eigenvalue weighted by Gasteiger charge is -2.58. The second kappa shape index (κ2) is 1.79. The zero-order valence-corrected chi connectivity index (χ0v) is 7.24. The maximum atomic E-state index is 11.3. The molecule has 1 aliphatic carbocycles. The van der Waals surface area contributed by atoms with E-state index >= 15 is 0 Å². The van der Waals surface area contributed by atoms with Crippen molar-refractivity contribution in [3.63, 3.8) is 0 Å². The zero-order chi connectivity index (χ0) is 8.11. The summed E-state index contributed by atoms with van der Waals surface area (Å²) in [5.74, 6) is 0.264. The molecule has 0 aromatic rings. The fraction of sp³-hybridized carbons (Fsp3) is 0.889. The van der Waals surface area contributed by atoms with Gasteiger partial charge >= 0.3 is 0 Å². The summed E-state index contributed by atoms with van der Waals surface area (Å²) in [6, 6.07) is 0. The Bertz CT molecular complexity index is 214. The number of rotatable bonds is 0. The zero-order valence-electron chi connectivity index (χ0n) is 7.24. The van der Waals surface area contributed by atoms with E-state index in [-0.39, 0.29) is 16.9 Å². The highest BCUT2D eigenvalue weighted by atomic mass is 16.2. The van der Waals surface area contributed by atoms with Crippen molar-refractivity contribution in [2.45, 2.75) is 45.1 Å². The van der Waals surface area contributed by atoms with Gasteiger partial charge in [0.15, 0.2) is 0 Å². The molecule has 62 valence electrons. The van der Waals surface area contributed by atoms with Crippen molar-refractivity contribution in [3.05, 3.63) is 0 Å². The minimum absolute atomic E-state index is 0.0365. The smallest absolute Gasteiger partial charge is 0.228 e. The quantitative estimate of drug-likeness (QED) is 0.524. The third-order valence-corrected chi connectivity index (χ3v) is 3.71. The molecule has 0 aromatic carbocycles. The highest BCUT2D eigenvalue weighted by Gasteiger charge is 2.60. The first-order valence-electron chi connectivity index (χ1n) is 4.41. The number of hydrogen-bond donors (Lipinski definition) is 1. The molecule has 0 radical (unpaired) electrons. The van der Waals surface area contributed by atoms with E-state index in [1.807, 2.05) is 0 Å². The van der Waals surface area contributed by atoms with Crippen LogP contribution >= 0.6 is 0 Å². The first kappa shape index (κ1) is 7.14. The summed E-state index contributed by atoms with van der Waals surface area (Å²) in [6.45, 7) is 4.28. The van der Waals surface area contributed by atoms with E-state index in [0.717, 1.165) is 12.8 Å². The summed E-state index contributed by atoms with van der Waals surface area (Å²) < 4.78 is 0. The average molecular weight is 153 g/mol. The number of β-lactam (4-membered cyclic amide) rings is 1. The molecule has 0 spiro atoms.